The lowest BCUT2D eigenvalue weighted by Gasteiger charge is -2.31. The Morgan fingerprint density at radius 1 is 1.06 bits per heavy atom. The molecule has 0 aliphatic rings. The molecule has 0 saturated heterocycles. The summed E-state index contributed by atoms with van der Waals surface area (Å²) >= 11 is 0. The van der Waals surface area contributed by atoms with E-state index in [1.807, 2.05) is 20.8 Å². The standard InChI is InChI=1S/C26H36FN3O5S/c1-6-24(26(32)28-19(2)3)29(18-20-9-11-21(27)12-10-20)25(31)8-7-17-30(36(5,33)34)22-13-15-23(35-4)16-14-22/h9-16,19,24H,6-8,17-18H2,1-5H3,(H,28,32)/t24-/m1/s1. The van der Waals surface area contributed by atoms with Crippen molar-refractivity contribution < 1.29 is 27.1 Å². The fraction of sp³-hybridized carbons (Fsp3) is 0.462. The van der Waals surface area contributed by atoms with Crippen molar-refractivity contribution in [2.45, 2.75) is 58.7 Å². The number of amides is 2. The van der Waals surface area contributed by atoms with Crippen LogP contribution in [0.15, 0.2) is 48.5 Å². The molecule has 0 aliphatic heterocycles. The lowest BCUT2D eigenvalue weighted by atomic mass is 10.1. The van der Waals surface area contributed by atoms with Crippen molar-refractivity contribution in [3.63, 3.8) is 0 Å². The Balaban J connectivity index is 2.20. The SMILES string of the molecule is CC[C@H](C(=O)NC(C)C)N(Cc1ccc(F)cc1)C(=O)CCCN(c1ccc(OC)cc1)S(C)(=O)=O. The molecule has 2 amide bonds. The summed E-state index contributed by atoms with van der Waals surface area (Å²) in [6.45, 7) is 5.74. The first kappa shape index (κ1) is 29.1. The van der Waals surface area contributed by atoms with Gasteiger partial charge in [0.1, 0.15) is 17.6 Å². The number of ether oxygens (including phenoxy) is 1. The number of benzene rings is 2. The lowest BCUT2D eigenvalue weighted by molar-refractivity contribution is -0.141. The third-order valence-electron chi connectivity index (χ3n) is 5.60. The molecule has 0 unspecified atom stereocenters. The summed E-state index contributed by atoms with van der Waals surface area (Å²) in [5.74, 6) is -0.336. The number of methoxy groups -OCH3 is 1. The molecule has 0 spiro atoms. The third-order valence-corrected chi connectivity index (χ3v) is 6.79. The van der Waals surface area contributed by atoms with Crippen molar-refractivity contribution in [3.8, 4) is 5.75 Å². The minimum Gasteiger partial charge on any atom is -0.497 e. The van der Waals surface area contributed by atoms with Crippen LogP contribution in [0, 0.1) is 5.82 Å². The van der Waals surface area contributed by atoms with Crippen molar-refractivity contribution in [2.75, 3.05) is 24.2 Å². The maximum atomic E-state index is 13.4. The molecule has 0 aromatic heterocycles. The number of anilines is 1. The highest BCUT2D eigenvalue weighted by atomic mass is 32.2. The van der Waals surface area contributed by atoms with Crippen LogP contribution in [0.2, 0.25) is 0 Å². The molecule has 2 aromatic rings. The van der Waals surface area contributed by atoms with E-state index in [2.05, 4.69) is 5.32 Å². The van der Waals surface area contributed by atoms with Gasteiger partial charge in [0.2, 0.25) is 21.8 Å². The number of sulfonamides is 1. The van der Waals surface area contributed by atoms with Crippen molar-refractivity contribution in [1.29, 1.82) is 0 Å². The summed E-state index contributed by atoms with van der Waals surface area (Å²) in [5, 5.41) is 2.86. The Kier molecular flexibility index (Phi) is 10.7. The summed E-state index contributed by atoms with van der Waals surface area (Å²) < 4.78 is 44.6. The second kappa shape index (κ2) is 13.2. The van der Waals surface area contributed by atoms with Crippen molar-refractivity contribution in [1.82, 2.24) is 10.2 Å². The predicted octanol–water partition coefficient (Wildman–Crippen LogP) is 3.71. The normalized spacial score (nSPS) is 12.2. The topological polar surface area (TPSA) is 96.0 Å². The first-order valence-corrected chi connectivity index (χ1v) is 13.8. The van der Waals surface area contributed by atoms with E-state index in [1.54, 1.807) is 36.4 Å². The minimum atomic E-state index is -3.59. The molecule has 10 heteroatoms. The van der Waals surface area contributed by atoms with Crippen molar-refractivity contribution in [2.24, 2.45) is 0 Å². The quantitative estimate of drug-likeness (QED) is 0.434. The predicted molar refractivity (Wildman–Crippen MR) is 139 cm³/mol. The molecule has 0 radical (unpaired) electrons. The van der Waals surface area contributed by atoms with E-state index in [1.165, 1.54) is 28.4 Å². The van der Waals surface area contributed by atoms with Gasteiger partial charge in [-0.1, -0.05) is 19.1 Å². The molecule has 0 fully saturated rings. The largest absolute Gasteiger partial charge is 0.497 e. The Morgan fingerprint density at radius 2 is 1.67 bits per heavy atom. The molecule has 1 atom stereocenters. The van der Waals surface area contributed by atoms with Crippen LogP contribution in [0.1, 0.15) is 45.6 Å². The zero-order valence-corrected chi connectivity index (χ0v) is 22.3. The molecule has 2 aromatic carbocycles. The van der Waals surface area contributed by atoms with Gasteiger partial charge in [-0.3, -0.25) is 13.9 Å². The average Bonchev–Trinajstić information content (AvgIpc) is 2.81. The van der Waals surface area contributed by atoms with Gasteiger partial charge in [-0.25, -0.2) is 12.8 Å². The van der Waals surface area contributed by atoms with Crippen LogP contribution in [0.3, 0.4) is 0 Å². The molecule has 8 nitrogen and oxygen atoms in total. The third kappa shape index (κ3) is 8.51. The summed E-state index contributed by atoms with van der Waals surface area (Å²) in [5.41, 5.74) is 1.16. The number of halogens is 1. The maximum Gasteiger partial charge on any atom is 0.243 e. The highest BCUT2D eigenvalue weighted by Gasteiger charge is 2.29. The summed E-state index contributed by atoms with van der Waals surface area (Å²) in [4.78, 5) is 27.7. The molecule has 0 aliphatic carbocycles. The Morgan fingerprint density at radius 3 is 2.17 bits per heavy atom. The van der Waals surface area contributed by atoms with E-state index in [4.69, 9.17) is 4.74 Å². The zero-order chi connectivity index (χ0) is 26.9. The van der Waals surface area contributed by atoms with E-state index in [-0.39, 0.29) is 49.6 Å². The van der Waals surface area contributed by atoms with Gasteiger partial charge in [0.25, 0.3) is 0 Å². The number of hydrogen-bond acceptors (Lipinski definition) is 5. The second-order valence-corrected chi connectivity index (χ2v) is 10.8. The van der Waals surface area contributed by atoms with E-state index in [9.17, 15) is 22.4 Å². The first-order valence-electron chi connectivity index (χ1n) is 11.9. The Hall–Kier alpha value is -3.14. The van der Waals surface area contributed by atoms with Crippen LogP contribution >= 0.6 is 0 Å². The monoisotopic (exact) mass is 521 g/mol. The van der Waals surface area contributed by atoms with Crippen LogP contribution in [0.25, 0.3) is 0 Å². The Labute approximate surface area is 213 Å². The van der Waals surface area contributed by atoms with Crippen LogP contribution in [0.4, 0.5) is 10.1 Å². The van der Waals surface area contributed by atoms with Gasteiger partial charge in [-0.2, -0.15) is 0 Å². The first-order chi connectivity index (χ1) is 17.0. The van der Waals surface area contributed by atoms with Gasteiger partial charge < -0.3 is 15.0 Å². The van der Waals surface area contributed by atoms with E-state index < -0.39 is 16.1 Å². The maximum absolute atomic E-state index is 13.4. The number of nitrogens with one attached hydrogen (secondary N) is 1. The number of nitrogens with zero attached hydrogens (tertiary/aromatic N) is 2. The number of rotatable bonds is 13. The van der Waals surface area contributed by atoms with Crippen molar-refractivity contribution in [3.05, 3.63) is 59.9 Å². The number of hydrogen-bond donors (Lipinski definition) is 1. The molecule has 0 saturated carbocycles. The van der Waals surface area contributed by atoms with E-state index >= 15 is 0 Å². The lowest BCUT2D eigenvalue weighted by Crippen LogP contribution is -2.50. The van der Waals surface area contributed by atoms with E-state index in [0.717, 1.165) is 6.26 Å². The highest BCUT2D eigenvalue weighted by molar-refractivity contribution is 7.92. The van der Waals surface area contributed by atoms with Gasteiger partial charge in [0.15, 0.2) is 0 Å². The number of carbonyl (C=O) groups is 2. The van der Waals surface area contributed by atoms with Crippen LogP contribution in [-0.4, -0.2) is 57.1 Å². The van der Waals surface area contributed by atoms with Gasteiger partial charge in [0.05, 0.1) is 19.1 Å². The molecular weight excluding hydrogens is 485 g/mol. The van der Waals surface area contributed by atoms with Gasteiger partial charge in [0, 0.05) is 25.6 Å². The zero-order valence-electron chi connectivity index (χ0n) is 21.5. The molecule has 0 bridgehead atoms. The highest BCUT2D eigenvalue weighted by Crippen LogP contribution is 2.22. The Bertz CT molecular complexity index is 1110. The van der Waals surface area contributed by atoms with Crippen LogP contribution in [-0.2, 0) is 26.2 Å². The minimum absolute atomic E-state index is 0.0365. The number of carbonyl (C=O) groups excluding carboxylic acids is 2. The molecule has 1 N–H and O–H groups in total. The summed E-state index contributed by atoms with van der Waals surface area (Å²) in [6, 6.07) is 11.6. The second-order valence-electron chi connectivity index (χ2n) is 8.87. The van der Waals surface area contributed by atoms with Crippen LogP contribution in [0.5, 0.6) is 5.75 Å². The summed E-state index contributed by atoms with van der Waals surface area (Å²) in [6.07, 6.45) is 1.80. The average molecular weight is 522 g/mol. The van der Waals surface area contributed by atoms with Gasteiger partial charge in [-0.05, 0) is 68.7 Å². The molecule has 198 valence electrons. The fourth-order valence-corrected chi connectivity index (χ4v) is 4.80. The molecule has 2 rings (SSSR count). The molecular formula is C26H36FN3O5S. The van der Waals surface area contributed by atoms with Crippen molar-refractivity contribution >= 4 is 27.5 Å². The molecule has 36 heavy (non-hydrogen) atoms. The van der Waals surface area contributed by atoms with Crippen LogP contribution < -0.4 is 14.4 Å². The van der Waals surface area contributed by atoms with Gasteiger partial charge >= 0.3 is 0 Å². The van der Waals surface area contributed by atoms with E-state index in [0.29, 0.717) is 23.4 Å². The smallest absolute Gasteiger partial charge is 0.243 e. The van der Waals surface area contributed by atoms with Gasteiger partial charge in [-0.15, -0.1) is 0 Å². The fourth-order valence-electron chi connectivity index (χ4n) is 3.84. The summed E-state index contributed by atoms with van der Waals surface area (Å²) in [7, 11) is -2.06. The molecule has 0 heterocycles.